The van der Waals surface area contributed by atoms with Crippen molar-refractivity contribution >= 4 is 26.4 Å². The summed E-state index contributed by atoms with van der Waals surface area (Å²) in [5, 5.41) is 1.94. The van der Waals surface area contributed by atoms with Crippen LogP contribution in [0.2, 0.25) is 0 Å². The van der Waals surface area contributed by atoms with Gasteiger partial charge in [0, 0.05) is 5.56 Å². The molecule has 3 rings (SSSR count). The molecule has 3 nitrogen and oxygen atoms in total. The topological polar surface area (TPSA) is 51.2 Å². The van der Waals surface area contributed by atoms with Crippen molar-refractivity contribution in [2.75, 3.05) is 5.75 Å². The monoisotopic (exact) mass is 310 g/mol. The van der Waals surface area contributed by atoms with Gasteiger partial charge in [0.25, 0.3) is 0 Å². The second-order valence-corrected chi connectivity index (χ2v) is 7.05. The minimum atomic E-state index is -3.61. The Bertz CT molecular complexity index is 929. The smallest absolute Gasteiger partial charge is 0.185 e. The van der Waals surface area contributed by atoms with Crippen molar-refractivity contribution in [3.63, 3.8) is 0 Å². The Morgan fingerprint density at radius 2 is 1.41 bits per heavy atom. The molecular formula is C18H14O3S. The summed E-state index contributed by atoms with van der Waals surface area (Å²) in [7, 11) is -3.61. The highest BCUT2D eigenvalue weighted by molar-refractivity contribution is 7.92. The number of hydrogen-bond donors (Lipinski definition) is 0. The Labute approximate surface area is 129 Å². The second kappa shape index (κ2) is 5.73. The van der Waals surface area contributed by atoms with Crippen LogP contribution in [0.3, 0.4) is 0 Å². The molecule has 0 bridgehead atoms. The highest BCUT2D eigenvalue weighted by atomic mass is 32.2. The molecule has 3 aromatic carbocycles. The van der Waals surface area contributed by atoms with Crippen LogP contribution >= 0.6 is 0 Å². The normalized spacial score (nSPS) is 11.5. The van der Waals surface area contributed by atoms with Gasteiger partial charge in [0.05, 0.1) is 4.90 Å². The minimum absolute atomic E-state index is 0.170. The number of fused-ring (bicyclic) bond motifs is 1. The number of benzene rings is 3. The quantitative estimate of drug-likeness (QED) is 0.693. The van der Waals surface area contributed by atoms with E-state index in [-0.39, 0.29) is 4.90 Å². The van der Waals surface area contributed by atoms with Crippen LogP contribution in [-0.2, 0) is 9.84 Å². The first-order chi connectivity index (χ1) is 10.6. The Morgan fingerprint density at radius 3 is 2.14 bits per heavy atom. The Kier molecular flexibility index (Phi) is 3.77. The molecular weight excluding hydrogens is 296 g/mol. The van der Waals surface area contributed by atoms with Gasteiger partial charge in [0.15, 0.2) is 15.6 Å². The maximum atomic E-state index is 12.3. The number of Topliss-reactive ketones (excluding diaryl/α,β-unsaturated/α-hetero) is 1. The van der Waals surface area contributed by atoms with E-state index in [1.54, 1.807) is 30.3 Å². The van der Waals surface area contributed by atoms with E-state index in [0.717, 1.165) is 10.8 Å². The lowest BCUT2D eigenvalue weighted by atomic mass is 10.1. The van der Waals surface area contributed by atoms with Gasteiger partial charge in [-0.25, -0.2) is 8.42 Å². The molecule has 0 aliphatic rings. The van der Waals surface area contributed by atoms with Crippen LogP contribution in [0, 0.1) is 0 Å². The van der Waals surface area contributed by atoms with Gasteiger partial charge in [-0.2, -0.15) is 0 Å². The molecule has 0 heterocycles. The number of carbonyl (C=O) groups excluding carboxylic acids is 1. The second-order valence-electron chi connectivity index (χ2n) is 5.06. The zero-order chi connectivity index (χ0) is 15.6. The van der Waals surface area contributed by atoms with Gasteiger partial charge in [-0.15, -0.1) is 0 Å². The van der Waals surface area contributed by atoms with Crippen molar-refractivity contribution in [1.82, 2.24) is 0 Å². The molecule has 0 aliphatic carbocycles. The molecule has 0 amide bonds. The number of sulfone groups is 1. The van der Waals surface area contributed by atoms with Gasteiger partial charge < -0.3 is 0 Å². The molecule has 0 aromatic heterocycles. The predicted octanol–water partition coefficient (Wildman–Crippen LogP) is 3.50. The summed E-state index contributed by atoms with van der Waals surface area (Å²) in [4.78, 5) is 12.5. The van der Waals surface area contributed by atoms with Crippen LogP contribution in [-0.4, -0.2) is 20.0 Å². The zero-order valence-electron chi connectivity index (χ0n) is 11.8. The largest absolute Gasteiger partial charge is 0.293 e. The SMILES string of the molecule is O=C(CS(=O)(=O)c1ccccc1)c1ccc2ccccc2c1. The average Bonchev–Trinajstić information content (AvgIpc) is 2.55. The maximum Gasteiger partial charge on any atom is 0.185 e. The first-order valence-electron chi connectivity index (χ1n) is 6.86. The lowest BCUT2D eigenvalue weighted by molar-refractivity contribution is 0.102. The molecule has 0 unspecified atom stereocenters. The van der Waals surface area contributed by atoms with E-state index < -0.39 is 21.4 Å². The Hall–Kier alpha value is -2.46. The molecule has 110 valence electrons. The first kappa shape index (κ1) is 14.5. The third-order valence-corrected chi connectivity index (χ3v) is 5.13. The van der Waals surface area contributed by atoms with E-state index in [4.69, 9.17) is 0 Å². The third kappa shape index (κ3) is 2.92. The molecule has 3 aromatic rings. The van der Waals surface area contributed by atoms with Gasteiger partial charge in [0.1, 0.15) is 5.75 Å². The summed E-state index contributed by atoms with van der Waals surface area (Å²) in [5.74, 6) is -0.912. The Balaban J connectivity index is 1.90. The highest BCUT2D eigenvalue weighted by Gasteiger charge is 2.20. The van der Waals surface area contributed by atoms with Crippen LogP contribution < -0.4 is 0 Å². The lowest BCUT2D eigenvalue weighted by Crippen LogP contribution is -2.16. The van der Waals surface area contributed by atoms with Crippen LogP contribution in [0.25, 0.3) is 10.8 Å². The van der Waals surface area contributed by atoms with E-state index in [1.165, 1.54) is 12.1 Å². The summed E-state index contributed by atoms with van der Waals surface area (Å²) in [5.41, 5.74) is 0.415. The first-order valence-corrected chi connectivity index (χ1v) is 8.51. The summed E-state index contributed by atoms with van der Waals surface area (Å²) >= 11 is 0. The van der Waals surface area contributed by atoms with Crippen LogP contribution in [0.4, 0.5) is 0 Å². The van der Waals surface area contributed by atoms with Crippen molar-refractivity contribution in [1.29, 1.82) is 0 Å². The molecule has 0 atom stereocenters. The van der Waals surface area contributed by atoms with Crippen molar-refractivity contribution < 1.29 is 13.2 Å². The van der Waals surface area contributed by atoms with E-state index in [0.29, 0.717) is 5.56 Å². The van der Waals surface area contributed by atoms with Crippen LogP contribution in [0.5, 0.6) is 0 Å². The van der Waals surface area contributed by atoms with Crippen molar-refractivity contribution in [2.24, 2.45) is 0 Å². The zero-order valence-corrected chi connectivity index (χ0v) is 12.6. The van der Waals surface area contributed by atoms with Gasteiger partial charge in [-0.3, -0.25) is 4.79 Å². The number of carbonyl (C=O) groups is 1. The molecule has 0 saturated carbocycles. The molecule has 0 spiro atoms. The van der Waals surface area contributed by atoms with Gasteiger partial charge in [-0.1, -0.05) is 54.6 Å². The van der Waals surface area contributed by atoms with Crippen LogP contribution in [0.1, 0.15) is 10.4 Å². The van der Waals surface area contributed by atoms with Crippen molar-refractivity contribution in [3.05, 3.63) is 78.4 Å². The molecule has 0 fully saturated rings. The summed E-state index contributed by atoms with van der Waals surface area (Å²) < 4.78 is 24.5. The van der Waals surface area contributed by atoms with Crippen molar-refractivity contribution in [3.8, 4) is 0 Å². The summed E-state index contributed by atoms with van der Waals surface area (Å²) in [6.07, 6.45) is 0. The van der Waals surface area contributed by atoms with Gasteiger partial charge in [0.2, 0.25) is 0 Å². The average molecular weight is 310 g/mol. The highest BCUT2D eigenvalue weighted by Crippen LogP contribution is 2.18. The van der Waals surface area contributed by atoms with E-state index in [2.05, 4.69) is 0 Å². The van der Waals surface area contributed by atoms with Crippen LogP contribution in [0.15, 0.2) is 77.7 Å². The fourth-order valence-electron chi connectivity index (χ4n) is 2.33. The molecule has 0 saturated heterocycles. The maximum absolute atomic E-state index is 12.3. The summed E-state index contributed by atoms with van der Waals surface area (Å²) in [6.45, 7) is 0. The molecule has 22 heavy (non-hydrogen) atoms. The number of ketones is 1. The van der Waals surface area contributed by atoms with E-state index >= 15 is 0 Å². The third-order valence-electron chi connectivity index (χ3n) is 3.49. The molecule has 4 heteroatoms. The van der Waals surface area contributed by atoms with Gasteiger partial charge >= 0.3 is 0 Å². The minimum Gasteiger partial charge on any atom is -0.293 e. The fourth-order valence-corrected chi connectivity index (χ4v) is 3.58. The van der Waals surface area contributed by atoms with E-state index in [1.807, 2.05) is 30.3 Å². The fraction of sp³-hybridized carbons (Fsp3) is 0.0556. The van der Waals surface area contributed by atoms with Crippen molar-refractivity contribution in [2.45, 2.75) is 4.90 Å². The van der Waals surface area contributed by atoms with Gasteiger partial charge in [-0.05, 0) is 29.0 Å². The standard InChI is InChI=1S/C18H14O3S/c19-18(13-22(20,21)17-8-2-1-3-9-17)16-11-10-14-6-4-5-7-15(14)12-16/h1-12H,13H2. The van der Waals surface area contributed by atoms with E-state index in [9.17, 15) is 13.2 Å². The number of rotatable bonds is 4. The molecule has 0 N–H and O–H groups in total. The number of hydrogen-bond acceptors (Lipinski definition) is 3. The predicted molar refractivity (Wildman–Crippen MR) is 86.8 cm³/mol. The lowest BCUT2D eigenvalue weighted by Gasteiger charge is -2.05. The molecule has 0 aliphatic heterocycles. The Morgan fingerprint density at radius 1 is 0.773 bits per heavy atom. The summed E-state index contributed by atoms with van der Waals surface area (Å²) in [6, 6.07) is 20.9. The molecule has 0 radical (unpaired) electrons.